The number of halogens is 2. The van der Waals surface area contributed by atoms with Crippen LogP contribution in [0.4, 0.5) is 0 Å². The van der Waals surface area contributed by atoms with Gasteiger partial charge in [-0.15, -0.1) is 0 Å². The molecule has 0 saturated heterocycles. The van der Waals surface area contributed by atoms with Crippen molar-refractivity contribution >= 4 is 40.0 Å². The SMILES string of the molecule is O=C(CCc1ccc(-c2ccccc2)cc1)c1ccc2nc(-c3c(Cl)cccc3Cl)[nH]c2c1. The smallest absolute Gasteiger partial charge is 0.163 e. The lowest BCUT2D eigenvalue weighted by molar-refractivity contribution is 0.0983. The van der Waals surface area contributed by atoms with E-state index in [1.54, 1.807) is 18.2 Å². The summed E-state index contributed by atoms with van der Waals surface area (Å²) in [7, 11) is 0. The Kier molecular flexibility index (Phi) is 5.99. The Labute approximate surface area is 202 Å². The second kappa shape index (κ2) is 9.22. The van der Waals surface area contributed by atoms with Gasteiger partial charge in [-0.1, -0.05) is 83.9 Å². The number of imidazole rings is 1. The summed E-state index contributed by atoms with van der Waals surface area (Å²) in [5.41, 5.74) is 6.34. The van der Waals surface area contributed by atoms with E-state index in [2.05, 4.69) is 46.4 Å². The molecule has 0 aliphatic rings. The number of carbonyl (C=O) groups is 1. The first-order valence-corrected chi connectivity index (χ1v) is 11.5. The fourth-order valence-electron chi connectivity index (χ4n) is 3.92. The fourth-order valence-corrected chi connectivity index (χ4v) is 4.50. The number of aryl methyl sites for hydroxylation is 1. The van der Waals surface area contributed by atoms with E-state index in [0.29, 0.717) is 39.8 Å². The molecular formula is C28H20Cl2N2O. The summed E-state index contributed by atoms with van der Waals surface area (Å²) in [6.45, 7) is 0. The van der Waals surface area contributed by atoms with E-state index in [-0.39, 0.29) is 5.78 Å². The first-order chi connectivity index (χ1) is 16.1. The number of Topliss-reactive ketones (excluding diaryl/α,β-unsaturated/α-hetero) is 1. The summed E-state index contributed by atoms with van der Waals surface area (Å²) in [4.78, 5) is 20.7. The summed E-state index contributed by atoms with van der Waals surface area (Å²) in [6.07, 6.45) is 1.13. The number of hydrogen-bond acceptors (Lipinski definition) is 2. The first kappa shape index (κ1) is 21.4. The van der Waals surface area contributed by atoms with Crippen molar-refractivity contribution in [3.05, 3.63) is 112 Å². The fraction of sp³-hybridized carbons (Fsp3) is 0.0714. The van der Waals surface area contributed by atoms with Crippen molar-refractivity contribution in [3.63, 3.8) is 0 Å². The van der Waals surface area contributed by atoms with Crippen LogP contribution in [0.2, 0.25) is 10.0 Å². The van der Waals surface area contributed by atoms with Gasteiger partial charge in [0, 0.05) is 12.0 Å². The molecule has 1 heterocycles. The van der Waals surface area contributed by atoms with Crippen molar-refractivity contribution < 1.29 is 4.79 Å². The van der Waals surface area contributed by atoms with E-state index in [4.69, 9.17) is 23.2 Å². The monoisotopic (exact) mass is 470 g/mol. The van der Waals surface area contributed by atoms with E-state index in [1.165, 1.54) is 11.1 Å². The van der Waals surface area contributed by atoms with E-state index in [1.807, 2.05) is 36.4 Å². The molecular weight excluding hydrogens is 451 g/mol. The van der Waals surface area contributed by atoms with Crippen LogP contribution >= 0.6 is 23.2 Å². The molecule has 5 rings (SSSR count). The number of nitrogens with zero attached hydrogens (tertiary/aromatic N) is 1. The summed E-state index contributed by atoms with van der Waals surface area (Å²) in [5.74, 6) is 0.680. The molecule has 1 aromatic heterocycles. The molecule has 0 atom stereocenters. The Morgan fingerprint density at radius 1 is 0.788 bits per heavy atom. The van der Waals surface area contributed by atoms with Gasteiger partial charge in [0.15, 0.2) is 5.78 Å². The van der Waals surface area contributed by atoms with Crippen molar-refractivity contribution in [3.8, 4) is 22.5 Å². The largest absolute Gasteiger partial charge is 0.338 e. The maximum Gasteiger partial charge on any atom is 0.163 e. The van der Waals surface area contributed by atoms with Gasteiger partial charge >= 0.3 is 0 Å². The number of carbonyl (C=O) groups excluding carboxylic acids is 1. The Bertz CT molecular complexity index is 1420. The van der Waals surface area contributed by atoms with Gasteiger partial charge in [0.2, 0.25) is 0 Å². The van der Waals surface area contributed by atoms with Crippen molar-refractivity contribution in [2.24, 2.45) is 0 Å². The third-order valence-electron chi connectivity index (χ3n) is 5.71. The molecule has 162 valence electrons. The highest BCUT2D eigenvalue weighted by molar-refractivity contribution is 6.39. The van der Waals surface area contributed by atoms with Gasteiger partial charge in [0.25, 0.3) is 0 Å². The first-order valence-electron chi connectivity index (χ1n) is 10.7. The molecule has 3 nitrogen and oxygen atoms in total. The molecule has 0 bridgehead atoms. The standard InChI is InChI=1S/C28H20Cl2N2O/c29-22-7-4-8-23(30)27(22)28-31-24-15-14-21(17-25(24)32-28)26(33)16-11-18-9-12-20(13-10-18)19-5-2-1-3-6-19/h1-10,12-15,17H,11,16H2,(H,31,32). The molecule has 4 aromatic carbocycles. The third-order valence-corrected chi connectivity index (χ3v) is 6.34. The predicted molar refractivity (Wildman–Crippen MR) is 136 cm³/mol. The van der Waals surface area contributed by atoms with Crippen LogP contribution in [0.1, 0.15) is 22.3 Å². The average molecular weight is 471 g/mol. The van der Waals surface area contributed by atoms with Crippen molar-refractivity contribution in [1.82, 2.24) is 9.97 Å². The zero-order valence-corrected chi connectivity index (χ0v) is 19.2. The zero-order valence-electron chi connectivity index (χ0n) is 17.7. The van der Waals surface area contributed by atoms with Crippen LogP contribution in [-0.2, 0) is 6.42 Å². The minimum atomic E-state index is 0.0935. The number of nitrogens with one attached hydrogen (secondary N) is 1. The predicted octanol–water partition coefficient (Wildman–Crippen LogP) is 8.02. The van der Waals surface area contributed by atoms with Gasteiger partial charge in [-0.05, 0) is 53.4 Å². The number of fused-ring (bicyclic) bond motifs is 1. The van der Waals surface area contributed by atoms with Crippen LogP contribution in [0.15, 0.2) is 91.0 Å². The van der Waals surface area contributed by atoms with Crippen molar-refractivity contribution in [2.75, 3.05) is 0 Å². The Morgan fingerprint density at radius 3 is 2.21 bits per heavy atom. The molecule has 0 unspecified atom stereocenters. The minimum Gasteiger partial charge on any atom is -0.338 e. The van der Waals surface area contributed by atoms with Gasteiger partial charge in [-0.25, -0.2) is 4.98 Å². The lowest BCUT2D eigenvalue weighted by atomic mass is 9.99. The van der Waals surface area contributed by atoms with Gasteiger partial charge in [0.05, 0.1) is 26.6 Å². The maximum atomic E-state index is 12.9. The molecule has 0 fully saturated rings. The Balaban J connectivity index is 1.31. The third kappa shape index (κ3) is 4.56. The lowest BCUT2D eigenvalue weighted by Gasteiger charge is -2.05. The van der Waals surface area contributed by atoms with Crippen LogP contribution in [0, 0.1) is 0 Å². The molecule has 0 saturated carbocycles. The van der Waals surface area contributed by atoms with Crippen LogP contribution in [0.3, 0.4) is 0 Å². The van der Waals surface area contributed by atoms with Crippen molar-refractivity contribution in [1.29, 1.82) is 0 Å². The maximum absolute atomic E-state index is 12.9. The molecule has 5 heteroatoms. The second-order valence-corrected chi connectivity index (χ2v) is 8.71. The lowest BCUT2D eigenvalue weighted by Crippen LogP contribution is -2.01. The van der Waals surface area contributed by atoms with Gasteiger partial charge < -0.3 is 4.98 Å². The number of hydrogen-bond donors (Lipinski definition) is 1. The van der Waals surface area contributed by atoms with Crippen LogP contribution < -0.4 is 0 Å². The number of aromatic amines is 1. The number of H-pyrrole nitrogens is 1. The van der Waals surface area contributed by atoms with E-state index < -0.39 is 0 Å². The zero-order chi connectivity index (χ0) is 22.8. The molecule has 5 aromatic rings. The summed E-state index contributed by atoms with van der Waals surface area (Å²) < 4.78 is 0. The molecule has 0 radical (unpaired) electrons. The molecule has 0 spiro atoms. The van der Waals surface area contributed by atoms with Gasteiger partial charge in [0.1, 0.15) is 5.82 Å². The number of ketones is 1. The molecule has 33 heavy (non-hydrogen) atoms. The highest BCUT2D eigenvalue weighted by Gasteiger charge is 2.14. The molecule has 0 amide bonds. The Morgan fingerprint density at radius 2 is 1.48 bits per heavy atom. The topological polar surface area (TPSA) is 45.8 Å². The quantitative estimate of drug-likeness (QED) is 0.255. The summed E-state index contributed by atoms with van der Waals surface area (Å²) in [5, 5.41) is 1.05. The molecule has 1 N–H and O–H groups in total. The van der Waals surface area contributed by atoms with Crippen molar-refractivity contribution in [2.45, 2.75) is 12.8 Å². The molecule has 0 aliphatic carbocycles. The Hall–Kier alpha value is -3.40. The molecule has 0 aliphatic heterocycles. The normalized spacial score (nSPS) is 11.1. The van der Waals surface area contributed by atoms with E-state index in [0.717, 1.165) is 16.6 Å². The van der Waals surface area contributed by atoms with Crippen LogP contribution in [-0.4, -0.2) is 15.8 Å². The average Bonchev–Trinajstić information content (AvgIpc) is 3.26. The number of benzene rings is 4. The van der Waals surface area contributed by atoms with Gasteiger partial charge in [-0.2, -0.15) is 0 Å². The second-order valence-electron chi connectivity index (χ2n) is 7.90. The van der Waals surface area contributed by atoms with Crippen LogP contribution in [0.25, 0.3) is 33.5 Å². The summed E-state index contributed by atoms with van der Waals surface area (Å²) in [6, 6.07) is 29.5. The highest BCUT2D eigenvalue weighted by atomic mass is 35.5. The number of rotatable bonds is 6. The van der Waals surface area contributed by atoms with E-state index >= 15 is 0 Å². The van der Waals surface area contributed by atoms with Crippen LogP contribution in [0.5, 0.6) is 0 Å². The summed E-state index contributed by atoms with van der Waals surface area (Å²) >= 11 is 12.6. The minimum absolute atomic E-state index is 0.0935. The highest BCUT2D eigenvalue weighted by Crippen LogP contribution is 2.34. The van der Waals surface area contributed by atoms with E-state index in [9.17, 15) is 4.79 Å². The van der Waals surface area contributed by atoms with Gasteiger partial charge in [-0.3, -0.25) is 4.79 Å². The number of aromatic nitrogens is 2.